The summed E-state index contributed by atoms with van der Waals surface area (Å²) in [5.41, 5.74) is 0. The van der Waals surface area contributed by atoms with Crippen LogP contribution in [0.1, 0.15) is 130 Å². The zero-order chi connectivity index (χ0) is 19.8. The molecule has 0 aliphatic carbocycles. The van der Waals surface area contributed by atoms with E-state index in [1.165, 1.54) is 77.0 Å². The van der Waals surface area contributed by atoms with Gasteiger partial charge in [0.2, 0.25) is 0 Å². The van der Waals surface area contributed by atoms with Gasteiger partial charge < -0.3 is 6.53 Å². The smallest absolute Gasteiger partial charge is 1.00 e. The van der Waals surface area contributed by atoms with Crippen LogP contribution in [0.25, 0.3) is 0 Å². The zero-order valence-corrected chi connectivity index (χ0v) is 18.8. The fraction of sp³-hybridized carbons (Fsp3) is 0.800. The third-order valence-electron chi connectivity index (χ3n) is 4.84. The molecule has 0 saturated carbocycles. The second-order valence-corrected chi connectivity index (χ2v) is 7.55. The van der Waals surface area contributed by atoms with E-state index in [-0.39, 0.29) is 20.3 Å². The van der Waals surface area contributed by atoms with Gasteiger partial charge in [0.05, 0.1) is 0 Å². The summed E-state index contributed by atoms with van der Waals surface area (Å²) in [7, 11) is 0. The first-order valence-electron chi connectivity index (χ1n) is 11.4. The van der Waals surface area contributed by atoms with Gasteiger partial charge in [-0.05, 0) is 31.1 Å². The molecule has 0 unspecified atom stereocenters. The summed E-state index contributed by atoms with van der Waals surface area (Å²) in [4.78, 5) is 10.4. The quantitative estimate of drug-likeness (QED) is 0.213. The van der Waals surface area contributed by atoms with Crippen LogP contribution < -0.4 is 18.9 Å². The molecule has 0 aliphatic heterocycles. The maximum absolute atomic E-state index is 10.4. The van der Waals surface area contributed by atoms with E-state index in [4.69, 9.17) is 5.11 Å². The number of unbranched alkanes of at least 4 members (excludes halogenated alkanes) is 16. The molecule has 0 fully saturated rings. The largest absolute Gasteiger partial charge is 1.00 e. The van der Waals surface area contributed by atoms with Gasteiger partial charge in [0.15, 0.2) is 0 Å². The van der Waals surface area contributed by atoms with Crippen LogP contribution in [0, 0.1) is 23.7 Å². The molecule has 0 radical (unpaired) electrons. The topological polar surface area (TPSA) is 37.3 Å². The number of hydrogen-bond acceptors (Lipinski definition) is 1. The van der Waals surface area contributed by atoms with Crippen molar-refractivity contribution in [2.75, 3.05) is 0 Å². The average molecular weight is 383 g/mol. The monoisotopic (exact) mass is 382 g/mol. The Kier molecular flexibility index (Phi) is 27.5. The van der Waals surface area contributed by atoms with Gasteiger partial charge >= 0.3 is 24.8 Å². The Labute approximate surface area is 188 Å². The van der Waals surface area contributed by atoms with Crippen molar-refractivity contribution in [3.63, 3.8) is 0 Å². The minimum atomic E-state index is -0.681. The van der Waals surface area contributed by atoms with E-state index in [1.54, 1.807) is 0 Å². The summed E-state index contributed by atoms with van der Waals surface area (Å²) in [5, 5.41) is 8.55. The van der Waals surface area contributed by atoms with Gasteiger partial charge in [-0.1, -0.05) is 102 Å². The fourth-order valence-electron chi connectivity index (χ4n) is 3.11. The molecular weight excluding hydrogens is 339 g/mol. The predicted octanol–water partition coefficient (Wildman–Crippen LogP) is 4.63. The predicted molar refractivity (Wildman–Crippen MR) is 118 cm³/mol. The summed E-state index contributed by atoms with van der Waals surface area (Å²) in [6, 6.07) is 0. The van der Waals surface area contributed by atoms with Crippen LogP contribution in [0.2, 0.25) is 0 Å². The van der Waals surface area contributed by atoms with Crippen LogP contribution in [-0.4, -0.2) is 11.1 Å². The van der Waals surface area contributed by atoms with E-state index in [1.807, 2.05) is 0 Å². The summed E-state index contributed by atoms with van der Waals surface area (Å²) < 4.78 is 0. The summed E-state index contributed by atoms with van der Waals surface area (Å²) in [6.45, 7) is 2.27. The standard InChI is InChI=1S/C25H42O2.Li.H/c1-2-3-4-5-6-7-8-9-10-11-12-13-14-15-16-17-18-19-20-21-22-23-24-25(26)27;;/h2-12,17-24H2,1H3,(H,26,27);;/q;+1;-1. The van der Waals surface area contributed by atoms with Gasteiger partial charge in [-0.15, -0.1) is 0 Å². The van der Waals surface area contributed by atoms with Gasteiger partial charge in [0.1, 0.15) is 0 Å². The van der Waals surface area contributed by atoms with Crippen molar-refractivity contribution in [1.29, 1.82) is 0 Å². The van der Waals surface area contributed by atoms with Crippen molar-refractivity contribution in [3.8, 4) is 23.7 Å². The summed E-state index contributed by atoms with van der Waals surface area (Å²) >= 11 is 0. The Morgan fingerprint density at radius 3 is 1.39 bits per heavy atom. The number of rotatable bonds is 18. The average Bonchev–Trinajstić information content (AvgIpc) is 2.65. The Bertz CT molecular complexity index is 457. The van der Waals surface area contributed by atoms with E-state index in [9.17, 15) is 4.79 Å². The molecule has 2 nitrogen and oxygen atoms in total. The first-order valence-corrected chi connectivity index (χ1v) is 11.4. The van der Waals surface area contributed by atoms with Crippen molar-refractivity contribution >= 4 is 5.97 Å². The molecule has 0 atom stereocenters. The second kappa shape index (κ2) is 26.2. The first-order chi connectivity index (χ1) is 13.3. The second-order valence-electron chi connectivity index (χ2n) is 7.55. The molecule has 0 rings (SSSR count). The molecule has 3 heteroatoms. The minimum absolute atomic E-state index is 0. The number of carboxylic acid groups (broad SMARTS) is 1. The molecule has 0 heterocycles. The number of carboxylic acids is 1. The third-order valence-corrected chi connectivity index (χ3v) is 4.84. The van der Waals surface area contributed by atoms with Gasteiger partial charge in [-0.2, -0.15) is 0 Å². The van der Waals surface area contributed by atoms with Crippen LogP contribution in [-0.2, 0) is 4.79 Å². The molecule has 0 aromatic carbocycles. The molecule has 0 spiro atoms. The van der Waals surface area contributed by atoms with Crippen molar-refractivity contribution in [3.05, 3.63) is 0 Å². The maximum Gasteiger partial charge on any atom is 1.00 e. The Morgan fingerprint density at radius 1 is 0.643 bits per heavy atom. The van der Waals surface area contributed by atoms with E-state index in [0.717, 1.165) is 38.5 Å². The first kappa shape index (κ1) is 29.4. The normalized spacial score (nSPS) is 9.61. The van der Waals surface area contributed by atoms with Gasteiger partial charge in [0.25, 0.3) is 0 Å². The fourth-order valence-corrected chi connectivity index (χ4v) is 3.11. The van der Waals surface area contributed by atoms with Crippen molar-refractivity contribution in [1.82, 2.24) is 0 Å². The number of aliphatic carboxylic acids is 1. The van der Waals surface area contributed by atoms with Crippen LogP contribution in [0.15, 0.2) is 0 Å². The molecule has 0 amide bonds. The van der Waals surface area contributed by atoms with Gasteiger partial charge in [0, 0.05) is 19.3 Å². The van der Waals surface area contributed by atoms with E-state index < -0.39 is 5.97 Å². The van der Waals surface area contributed by atoms with Crippen LogP contribution in [0.5, 0.6) is 0 Å². The molecule has 156 valence electrons. The number of hydrogen-bond donors (Lipinski definition) is 1. The van der Waals surface area contributed by atoms with E-state index in [0.29, 0.717) is 6.42 Å². The van der Waals surface area contributed by atoms with Crippen molar-refractivity contribution in [2.24, 2.45) is 0 Å². The summed E-state index contributed by atoms with van der Waals surface area (Å²) in [5.74, 6) is 11.6. The molecule has 0 aliphatic rings. The minimum Gasteiger partial charge on any atom is -1.00 e. The van der Waals surface area contributed by atoms with E-state index >= 15 is 0 Å². The molecule has 1 N–H and O–H groups in total. The van der Waals surface area contributed by atoms with Crippen molar-refractivity contribution < 1.29 is 30.2 Å². The third kappa shape index (κ3) is 27.4. The van der Waals surface area contributed by atoms with Gasteiger partial charge in [-0.3, -0.25) is 4.79 Å². The van der Waals surface area contributed by atoms with Crippen LogP contribution in [0.3, 0.4) is 0 Å². The molecule has 0 aromatic heterocycles. The molecule has 0 saturated heterocycles. The zero-order valence-electron chi connectivity index (χ0n) is 19.8. The van der Waals surface area contributed by atoms with E-state index in [2.05, 4.69) is 30.6 Å². The molecular formula is C25H43LiO2. The Balaban J connectivity index is -0.00000338. The maximum atomic E-state index is 10.4. The van der Waals surface area contributed by atoms with Crippen LogP contribution in [0.4, 0.5) is 0 Å². The Morgan fingerprint density at radius 2 is 1.00 bits per heavy atom. The van der Waals surface area contributed by atoms with Crippen LogP contribution >= 0.6 is 0 Å². The Hall–Kier alpha value is -0.813. The summed E-state index contributed by atoms with van der Waals surface area (Å²) in [6.07, 6.45) is 22.4. The van der Waals surface area contributed by atoms with Crippen molar-refractivity contribution in [2.45, 2.75) is 129 Å². The van der Waals surface area contributed by atoms with Gasteiger partial charge in [-0.25, -0.2) is 0 Å². The SMILES string of the molecule is CCCCCCCCCCCCC#CC#CCCCCCCCCC(=O)O.[H-].[Li+]. The molecule has 0 bridgehead atoms. The number of carbonyl (C=O) groups is 1. The molecule has 0 aromatic rings. The molecule has 28 heavy (non-hydrogen) atoms.